The first-order chi connectivity index (χ1) is 8.53. The van der Waals surface area contributed by atoms with Crippen LogP contribution in [-0.2, 0) is 9.53 Å². The average Bonchev–Trinajstić information content (AvgIpc) is 2.47. The fourth-order valence-corrected chi connectivity index (χ4v) is 2.18. The number of hydrogen-bond donors (Lipinski definition) is 2. The zero-order valence-electron chi connectivity index (χ0n) is 11.6. The van der Waals surface area contributed by atoms with Crippen molar-refractivity contribution in [3.05, 3.63) is 0 Å². The maximum absolute atomic E-state index is 11.7. The summed E-state index contributed by atoms with van der Waals surface area (Å²) >= 11 is 0. The molecule has 1 rings (SSSR count). The summed E-state index contributed by atoms with van der Waals surface area (Å²) in [6.45, 7) is 5.33. The van der Waals surface area contributed by atoms with Crippen LogP contribution < -0.4 is 5.32 Å². The third-order valence-corrected chi connectivity index (χ3v) is 3.37. The van der Waals surface area contributed by atoms with Gasteiger partial charge in [-0.25, -0.2) is 0 Å². The van der Waals surface area contributed by atoms with Crippen molar-refractivity contribution in [3.8, 4) is 0 Å². The van der Waals surface area contributed by atoms with Crippen LogP contribution >= 0.6 is 0 Å². The number of aliphatic hydroxyl groups is 1. The van der Waals surface area contributed by atoms with Crippen LogP contribution in [0, 0.1) is 0 Å². The molecule has 1 aliphatic rings. The summed E-state index contributed by atoms with van der Waals surface area (Å²) in [5, 5.41) is 12.8. The predicted molar refractivity (Wildman–Crippen MR) is 70.4 cm³/mol. The Balaban J connectivity index is 2.19. The van der Waals surface area contributed by atoms with Gasteiger partial charge in [0.25, 0.3) is 0 Å². The molecule has 1 aliphatic heterocycles. The number of amides is 1. The Bertz CT molecular complexity index is 257. The first-order valence-corrected chi connectivity index (χ1v) is 6.74. The first-order valence-electron chi connectivity index (χ1n) is 6.74. The van der Waals surface area contributed by atoms with Crippen molar-refractivity contribution in [3.63, 3.8) is 0 Å². The molecule has 5 nitrogen and oxygen atoms in total. The van der Waals surface area contributed by atoms with Gasteiger partial charge in [-0.2, -0.15) is 0 Å². The van der Waals surface area contributed by atoms with Crippen LogP contribution in [0.1, 0.15) is 32.6 Å². The third kappa shape index (κ3) is 6.33. The van der Waals surface area contributed by atoms with Crippen LogP contribution in [0.5, 0.6) is 0 Å². The molecular formula is C13H26N2O3. The van der Waals surface area contributed by atoms with E-state index in [-0.39, 0.29) is 5.91 Å². The van der Waals surface area contributed by atoms with Crippen LogP contribution in [0.3, 0.4) is 0 Å². The second-order valence-electron chi connectivity index (χ2n) is 5.32. The van der Waals surface area contributed by atoms with E-state index >= 15 is 0 Å². The molecule has 2 N–H and O–H groups in total. The lowest BCUT2D eigenvalue weighted by molar-refractivity contribution is -0.122. The first kappa shape index (κ1) is 15.4. The maximum atomic E-state index is 11.7. The fraction of sp³-hybridized carbons (Fsp3) is 0.923. The number of carbonyl (C=O) groups is 1. The van der Waals surface area contributed by atoms with Crippen molar-refractivity contribution < 1.29 is 14.6 Å². The van der Waals surface area contributed by atoms with Crippen molar-refractivity contribution in [2.24, 2.45) is 0 Å². The Morgan fingerprint density at radius 2 is 2.22 bits per heavy atom. The van der Waals surface area contributed by atoms with E-state index in [1.165, 1.54) is 0 Å². The summed E-state index contributed by atoms with van der Waals surface area (Å²) in [6, 6.07) is 0. The lowest BCUT2D eigenvalue weighted by Gasteiger charge is -2.22. The van der Waals surface area contributed by atoms with E-state index < -0.39 is 5.60 Å². The largest absolute Gasteiger partial charge is 0.390 e. The summed E-state index contributed by atoms with van der Waals surface area (Å²) in [4.78, 5) is 13.8. The predicted octanol–water partition coefficient (Wildman–Crippen LogP) is 0.376. The second-order valence-corrected chi connectivity index (χ2v) is 5.32. The van der Waals surface area contributed by atoms with Crippen LogP contribution in [0.15, 0.2) is 0 Å². The normalized spacial score (nSPS) is 25.7. The molecule has 106 valence electrons. The Morgan fingerprint density at radius 1 is 1.44 bits per heavy atom. The molecule has 1 amide bonds. The number of hydrogen-bond acceptors (Lipinski definition) is 4. The Labute approximate surface area is 109 Å². The van der Waals surface area contributed by atoms with Crippen LogP contribution in [0.25, 0.3) is 0 Å². The molecule has 0 aromatic heterocycles. The molecule has 0 radical (unpaired) electrons. The molecule has 1 unspecified atom stereocenters. The molecular weight excluding hydrogens is 232 g/mol. The maximum Gasteiger partial charge on any atom is 0.234 e. The van der Waals surface area contributed by atoms with Gasteiger partial charge in [-0.05, 0) is 39.2 Å². The zero-order valence-corrected chi connectivity index (χ0v) is 11.6. The minimum Gasteiger partial charge on any atom is -0.390 e. The summed E-state index contributed by atoms with van der Waals surface area (Å²) in [5.41, 5.74) is -0.566. The molecule has 1 saturated heterocycles. The van der Waals surface area contributed by atoms with E-state index in [1.807, 2.05) is 6.92 Å². The molecule has 1 atom stereocenters. The topological polar surface area (TPSA) is 61.8 Å². The molecule has 0 spiro atoms. The lowest BCUT2D eigenvalue weighted by atomic mass is 9.98. The van der Waals surface area contributed by atoms with Gasteiger partial charge in [-0.1, -0.05) is 0 Å². The Kier molecular flexibility index (Phi) is 6.60. The summed E-state index contributed by atoms with van der Waals surface area (Å²) in [6.07, 6.45) is 3.35. The number of ether oxygens (including phenoxy) is 1. The third-order valence-electron chi connectivity index (χ3n) is 3.37. The number of nitrogens with one attached hydrogen (secondary N) is 1. The summed E-state index contributed by atoms with van der Waals surface area (Å²) in [5.74, 6) is 0.0626. The van der Waals surface area contributed by atoms with Crippen LogP contribution in [0.4, 0.5) is 0 Å². The molecule has 0 aromatic carbocycles. The smallest absolute Gasteiger partial charge is 0.234 e. The van der Waals surface area contributed by atoms with Gasteiger partial charge in [0.2, 0.25) is 5.91 Å². The van der Waals surface area contributed by atoms with E-state index in [1.54, 1.807) is 7.11 Å². The van der Waals surface area contributed by atoms with Gasteiger partial charge < -0.3 is 15.2 Å². The minimum atomic E-state index is -0.566. The summed E-state index contributed by atoms with van der Waals surface area (Å²) < 4.78 is 4.92. The number of likely N-dealkylation sites (tertiary alicyclic amines) is 1. The van der Waals surface area contributed by atoms with E-state index in [4.69, 9.17) is 4.74 Å². The minimum absolute atomic E-state index is 0.0626. The highest BCUT2D eigenvalue weighted by Crippen LogP contribution is 2.20. The molecule has 0 aliphatic carbocycles. The molecule has 5 heteroatoms. The molecule has 1 heterocycles. The number of nitrogens with zero attached hydrogens (tertiary/aromatic N) is 1. The van der Waals surface area contributed by atoms with Gasteiger partial charge in [0.05, 0.1) is 12.1 Å². The van der Waals surface area contributed by atoms with Crippen LogP contribution in [-0.4, -0.2) is 61.4 Å². The highest BCUT2D eigenvalue weighted by molar-refractivity contribution is 5.77. The van der Waals surface area contributed by atoms with Gasteiger partial charge in [0, 0.05) is 26.8 Å². The second kappa shape index (κ2) is 7.71. The Morgan fingerprint density at radius 3 is 2.94 bits per heavy atom. The number of methoxy groups -OCH3 is 1. The molecule has 0 saturated carbocycles. The monoisotopic (exact) mass is 258 g/mol. The van der Waals surface area contributed by atoms with Crippen LogP contribution in [0.2, 0.25) is 0 Å². The number of rotatable bonds is 6. The van der Waals surface area contributed by atoms with Crippen molar-refractivity contribution in [2.45, 2.75) is 38.2 Å². The van der Waals surface area contributed by atoms with Gasteiger partial charge in [0.15, 0.2) is 0 Å². The van der Waals surface area contributed by atoms with Gasteiger partial charge in [0.1, 0.15) is 0 Å². The zero-order chi connectivity index (χ0) is 13.4. The van der Waals surface area contributed by atoms with E-state index in [9.17, 15) is 9.90 Å². The molecule has 0 aromatic rings. The highest BCUT2D eigenvalue weighted by atomic mass is 16.5. The van der Waals surface area contributed by atoms with E-state index in [0.29, 0.717) is 19.7 Å². The summed E-state index contributed by atoms with van der Waals surface area (Å²) in [7, 11) is 1.66. The molecule has 0 bridgehead atoms. The highest BCUT2D eigenvalue weighted by Gasteiger charge is 2.25. The van der Waals surface area contributed by atoms with Crippen molar-refractivity contribution in [2.75, 3.05) is 39.9 Å². The van der Waals surface area contributed by atoms with Gasteiger partial charge in [-0.3, -0.25) is 9.69 Å². The van der Waals surface area contributed by atoms with E-state index in [0.717, 1.165) is 38.8 Å². The van der Waals surface area contributed by atoms with Gasteiger partial charge in [-0.15, -0.1) is 0 Å². The SMILES string of the molecule is COCCCNC(=O)CN1CCCC(C)(O)CC1. The van der Waals surface area contributed by atoms with Crippen molar-refractivity contribution >= 4 is 5.91 Å². The molecule has 1 fully saturated rings. The lowest BCUT2D eigenvalue weighted by Crippen LogP contribution is -2.38. The number of carbonyl (C=O) groups excluding carboxylic acids is 1. The Hall–Kier alpha value is -0.650. The van der Waals surface area contributed by atoms with E-state index in [2.05, 4.69) is 10.2 Å². The molecule has 18 heavy (non-hydrogen) atoms. The van der Waals surface area contributed by atoms with Gasteiger partial charge >= 0.3 is 0 Å². The van der Waals surface area contributed by atoms with Crippen molar-refractivity contribution in [1.82, 2.24) is 10.2 Å². The quantitative estimate of drug-likeness (QED) is 0.676. The van der Waals surface area contributed by atoms with Crippen molar-refractivity contribution in [1.29, 1.82) is 0 Å². The fourth-order valence-electron chi connectivity index (χ4n) is 2.18. The average molecular weight is 258 g/mol. The standard InChI is InChI=1S/C13H26N2O3/c1-13(17)5-3-8-15(9-6-13)11-12(16)14-7-4-10-18-2/h17H,3-11H2,1-2H3,(H,14,16).